The summed E-state index contributed by atoms with van der Waals surface area (Å²) in [6.45, 7) is 2.39. The topological polar surface area (TPSA) is 20.2 Å². The van der Waals surface area contributed by atoms with Crippen molar-refractivity contribution < 1.29 is 5.11 Å². The molecular formula is C18H28O. The third-order valence-corrected chi connectivity index (χ3v) is 7.48. The predicted octanol–water partition coefficient (Wildman–Crippen LogP) is 4.17. The molecule has 1 nitrogen and oxygen atoms in total. The molecule has 4 aliphatic carbocycles. The molecule has 0 aromatic heterocycles. The zero-order valence-corrected chi connectivity index (χ0v) is 12.2. The summed E-state index contributed by atoms with van der Waals surface area (Å²) in [5.41, 5.74) is 0.262. The first-order valence-corrected chi connectivity index (χ1v) is 8.53. The molecule has 6 unspecified atom stereocenters. The van der Waals surface area contributed by atoms with Gasteiger partial charge < -0.3 is 5.11 Å². The van der Waals surface area contributed by atoms with Gasteiger partial charge in [0.1, 0.15) is 0 Å². The van der Waals surface area contributed by atoms with Crippen LogP contribution in [0.25, 0.3) is 0 Å². The summed E-state index contributed by atoms with van der Waals surface area (Å²) in [5.74, 6) is 4.71. The summed E-state index contributed by atoms with van der Waals surface area (Å²) in [6, 6.07) is 0. The first-order chi connectivity index (χ1) is 9.20. The van der Waals surface area contributed by atoms with E-state index in [9.17, 15) is 5.11 Å². The van der Waals surface area contributed by atoms with E-state index in [-0.39, 0.29) is 11.5 Å². The number of rotatable bonds is 0. The molecule has 0 saturated heterocycles. The van der Waals surface area contributed by atoms with E-state index >= 15 is 0 Å². The van der Waals surface area contributed by atoms with Crippen LogP contribution in [-0.4, -0.2) is 11.2 Å². The molecule has 4 rings (SSSR count). The highest BCUT2D eigenvalue weighted by Crippen LogP contribution is 2.61. The van der Waals surface area contributed by atoms with E-state index in [0.717, 1.165) is 36.0 Å². The lowest BCUT2D eigenvalue weighted by Gasteiger charge is -2.54. The van der Waals surface area contributed by atoms with E-state index < -0.39 is 0 Å². The van der Waals surface area contributed by atoms with Crippen molar-refractivity contribution >= 4 is 0 Å². The summed E-state index contributed by atoms with van der Waals surface area (Å²) >= 11 is 0. The Kier molecular flexibility index (Phi) is 2.85. The van der Waals surface area contributed by atoms with Crippen molar-refractivity contribution in [3.63, 3.8) is 0 Å². The number of aliphatic hydroxyl groups is 1. The van der Waals surface area contributed by atoms with E-state index in [1.807, 2.05) is 0 Å². The fraction of sp³-hybridized carbons (Fsp3) is 0.889. The van der Waals surface area contributed by atoms with Crippen LogP contribution >= 0.6 is 0 Å². The highest BCUT2D eigenvalue weighted by molar-refractivity contribution is 5.08. The SMILES string of the molecule is CC12CCC3C(CC[C@H]4CC=CCC34)C1CCC2O. The van der Waals surface area contributed by atoms with Crippen molar-refractivity contribution in [2.24, 2.45) is 35.0 Å². The Hall–Kier alpha value is -0.300. The summed E-state index contributed by atoms with van der Waals surface area (Å²) in [6.07, 6.45) is 15.5. The number of fused-ring (bicyclic) bond motifs is 5. The molecule has 7 atom stereocenters. The van der Waals surface area contributed by atoms with Gasteiger partial charge in [-0.2, -0.15) is 0 Å². The highest BCUT2D eigenvalue weighted by atomic mass is 16.3. The molecule has 0 heterocycles. The molecule has 3 fully saturated rings. The zero-order valence-electron chi connectivity index (χ0n) is 12.2. The van der Waals surface area contributed by atoms with Crippen molar-refractivity contribution in [2.75, 3.05) is 0 Å². The molecule has 106 valence electrons. The number of aliphatic hydroxyl groups excluding tert-OH is 1. The Bertz CT molecular complexity index is 387. The molecule has 0 aromatic rings. The molecule has 0 aliphatic heterocycles. The highest BCUT2D eigenvalue weighted by Gasteiger charge is 2.56. The van der Waals surface area contributed by atoms with Gasteiger partial charge in [0.15, 0.2) is 0 Å². The molecule has 1 N–H and O–H groups in total. The van der Waals surface area contributed by atoms with Crippen molar-refractivity contribution in [1.82, 2.24) is 0 Å². The molecule has 3 saturated carbocycles. The first kappa shape index (κ1) is 12.4. The second-order valence-electron chi connectivity index (χ2n) is 8.02. The standard InChI is InChI=1S/C18H28O/c1-18-11-10-14-13-5-3-2-4-12(13)6-7-15(14)16(18)8-9-17(18)19/h2-3,12-17,19H,4-11H2,1H3/t12-,13?,14?,15?,16?,17?,18?/m1/s1. The fourth-order valence-corrected chi connectivity index (χ4v) is 6.39. The van der Waals surface area contributed by atoms with Crippen LogP contribution in [0.3, 0.4) is 0 Å². The van der Waals surface area contributed by atoms with Gasteiger partial charge in [0.25, 0.3) is 0 Å². The fourth-order valence-electron chi connectivity index (χ4n) is 6.39. The lowest BCUT2D eigenvalue weighted by atomic mass is 9.51. The summed E-state index contributed by atoms with van der Waals surface area (Å²) in [7, 11) is 0. The molecule has 0 aromatic carbocycles. The van der Waals surface area contributed by atoms with Crippen LogP contribution in [0.1, 0.15) is 58.3 Å². The molecular weight excluding hydrogens is 232 g/mol. The van der Waals surface area contributed by atoms with E-state index in [4.69, 9.17) is 0 Å². The average molecular weight is 260 g/mol. The smallest absolute Gasteiger partial charge is 0.0596 e. The van der Waals surface area contributed by atoms with E-state index in [2.05, 4.69) is 19.1 Å². The number of hydrogen-bond acceptors (Lipinski definition) is 1. The Morgan fingerprint density at radius 3 is 2.63 bits per heavy atom. The minimum atomic E-state index is -0.0116. The van der Waals surface area contributed by atoms with Crippen LogP contribution in [0.4, 0.5) is 0 Å². The second kappa shape index (κ2) is 4.35. The third kappa shape index (κ3) is 1.70. The van der Waals surface area contributed by atoms with Crippen LogP contribution in [0.5, 0.6) is 0 Å². The molecule has 0 spiro atoms. The molecule has 1 heteroatoms. The van der Waals surface area contributed by atoms with Gasteiger partial charge in [-0.1, -0.05) is 19.1 Å². The van der Waals surface area contributed by atoms with Crippen molar-refractivity contribution in [3.05, 3.63) is 12.2 Å². The van der Waals surface area contributed by atoms with E-state index in [1.54, 1.807) is 0 Å². The van der Waals surface area contributed by atoms with E-state index in [0.29, 0.717) is 0 Å². The Morgan fingerprint density at radius 2 is 1.74 bits per heavy atom. The normalized spacial score (nSPS) is 56.3. The lowest BCUT2D eigenvalue weighted by Crippen LogP contribution is -2.48. The monoisotopic (exact) mass is 260 g/mol. The maximum Gasteiger partial charge on any atom is 0.0596 e. The third-order valence-electron chi connectivity index (χ3n) is 7.48. The number of allylic oxidation sites excluding steroid dienone is 2. The molecule has 4 aliphatic rings. The van der Waals surface area contributed by atoms with Gasteiger partial charge in [-0.25, -0.2) is 0 Å². The Labute approximate surface area is 117 Å². The van der Waals surface area contributed by atoms with Gasteiger partial charge in [-0.15, -0.1) is 0 Å². The summed E-state index contributed by atoms with van der Waals surface area (Å²) < 4.78 is 0. The van der Waals surface area contributed by atoms with Crippen molar-refractivity contribution in [2.45, 2.75) is 64.4 Å². The van der Waals surface area contributed by atoms with E-state index in [1.165, 1.54) is 44.9 Å². The number of hydrogen-bond donors (Lipinski definition) is 1. The maximum atomic E-state index is 10.4. The van der Waals surface area contributed by atoms with Gasteiger partial charge in [0.2, 0.25) is 0 Å². The quantitative estimate of drug-likeness (QED) is 0.648. The van der Waals surface area contributed by atoms with Crippen LogP contribution in [0.15, 0.2) is 12.2 Å². The lowest BCUT2D eigenvalue weighted by molar-refractivity contribution is -0.0739. The molecule has 0 radical (unpaired) electrons. The molecule has 19 heavy (non-hydrogen) atoms. The van der Waals surface area contributed by atoms with Crippen LogP contribution < -0.4 is 0 Å². The largest absolute Gasteiger partial charge is 0.393 e. The maximum absolute atomic E-state index is 10.4. The minimum absolute atomic E-state index is 0.0116. The van der Waals surface area contributed by atoms with Gasteiger partial charge >= 0.3 is 0 Å². The first-order valence-electron chi connectivity index (χ1n) is 8.53. The van der Waals surface area contributed by atoms with Gasteiger partial charge in [-0.05, 0) is 86.4 Å². The second-order valence-corrected chi connectivity index (χ2v) is 8.02. The summed E-state index contributed by atoms with van der Waals surface area (Å²) in [5, 5.41) is 10.4. The van der Waals surface area contributed by atoms with Crippen molar-refractivity contribution in [3.8, 4) is 0 Å². The summed E-state index contributed by atoms with van der Waals surface area (Å²) in [4.78, 5) is 0. The zero-order chi connectivity index (χ0) is 13.0. The van der Waals surface area contributed by atoms with Crippen LogP contribution in [0.2, 0.25) is 0 Å². The average Bonchev–Trinajstić information content (AvgIpc) is 2.75. The molecule has 0 amide bonds. The van der Waals surface area contributed by atoms with Gasteiger partial charge in [0, 0.05) is 0 Å². The Balaban J connectivity index is 1.61. The van der Waals surface area contributed by atoms with Crippen LogP contribution in [-0.2, 0) is 0 Å². The predicted molar refractivity (Wildman–Crippen MR) is 77.6 cm³/mol. The molecule has 0 bridgehead atoms. The van der Waals surface area contributed by atoms with Crippen LogP contribution in [0, 0.1) is 35.0 Å². The minimum Gasteiger partial charge on any atom is -0.393 e. The Morgan fingerprint density at radius 1 is 0.895 bits per heavy atom. The van der Waals surface area contributed by atoms with Gasteiger partial charge in [0.05, 0.1) is 6.10 Å². The van der Waals surface area contributed by atoms with Crippen molar-refractivity contribution in [1.29, 1.82) is 0 Å². The van der Waals surface area contributed by atoms with Gasteiger partial charge in [-0.3, -0.25) is 0 Å².